The topological polar surface area (TPSA) is 24.9 Å². The van der Waals surface area contributed by atoms with E-state index in [0.717, 1.165) is 18.7 Å². The lowest BCUT2D eigenvalue weighted by Crippen LogP contribution is -2.25. The molecule has 20 heavy (non-hydrogen) atoms. The molecule has 0 aliphatic rings. The first-order valence-corrected chi connectivity index (χ1v) is 7.35. The van der Waals surface area contributed by atoms with Crippen molar-refractivity contribution in [1.29, 1.82) is 0 Å². The molecule has 1 aromatic heterocycles. The Morgan fingerprint density at radius 2 is 1.90 bits per heavy atom. The molecular weight excluding hydrogens is 244 g/mol. The monoisotopic (exact) mass is 268 g/mol. The summed E-state index contributed by atoms with van der Waals surface area (Å²) in [5, 5.41) is 3.65. The number of aromatic nitrogens is 1. The minimum Gasteiger partial charge on any atom is -0.305 e. The fourth-order valence-corrected chi connectivity index (χ4v) is 2.51. The molecule has 2 heteroatoms. The molecule has 0 amide bonds. The summed E-state index contributed by atoms with van der Waals surface area (Å²) in [6.07, 6.45) is 3.00. The lowest BCUT2D eigenvalue weighted by molar-refractivity contribution is 0.581. The van der Waals surface area contributed by atoms with Gasteiger partial charge in [-0.3, -0.25) is 4.98 Å². The van der Waals surface area contributed by atoms with Gasteiger partial charge >= 0.3 is 0 Å². The maximum absolute atomic E-state index is 4.62. The number of hydrogen-bond donors (Lipinski definition) is 1. The minimum atomic E-state index is 0.177. The Morgan fingerprint density at radius 3 is 2.60 bits per heavy atom. The molecule has 0 saturated carbocycles. The van der Waals surface area contributed by atoms with Gasteiger partial charge in [-0.15, -0.1) is 0 Å². The fourth-order valence-electron chi connectivity index (χ4n) is 2.51. The predicted molar refractivity (Wildman–Crippen MR) is 85.0 cm³/mol. The van der Waals surface area contributed by atoms with E-state index in [1.165, 1.54) is 22.3 Å². The van der Waals surface area contributed by atoms with Gasteiger partial charge in [-0.2, -0.15) is 0 Å². The second-order valence-corrected chi connectivity index (χ2v) is 5.45. The van der Waals surface area contributed by atoms with Gasteiger partial charge in [-0.1, -0.05) is 36.8 Å². The van der Waals surface area contributed by atoms with E-state index in [1.807, 2.05) is 12.3 Å². The van der Waals surface area contributed by atoms with Gasteiger partial charge in [0.2, 0.25) is 0 Å². The van der Waals surface area contributed by atoms with Crippen molar-refractivity contribution in [3.63, 3.8) is 0 Å². The fraction of sp³-hybridized carbons (Fsp3) is 0.389. The molecule has 0 aliphatic heterocycles. The first kappa shape index (κ1) is 14.7. The molecular formula is C18H24N2. The molecule has 1 unspecified atom stereocenters. The number of nitrogens with zero attached hydrogens (tertiary/aromatic N) is 1. The zero-order chi connectivity index (χ0) is 14.5. The summed E-state index contributed by atoms with van der Waals surface area (Å²) >= 11 is 0. The Balaban J connectivity index is 2.47. The van der Waals surface area contributed by atoms with Crippen molar-refractivity contribution in [2.24, 2.45) is 0 Å². The van der Waals surface area contributed by atoms with Crippen LogP contribution in [-0.4, -0.2) is 11.5 Å². The maximum atomic E-state index is 4.62. The first-order valence-electron chi connectivity index (χ1n) is 7.35. The number of rotatable bonds is 5. The van der Waals surface area contributed by atoms with Crippen LogP contribution in [0.4, 0.5) is 0 Å². The molecule has 0 bridgehead atoms. The molecule has 0 fully saturated rings. The Hall–Kier alpha value is -1.67. The van der Waals surface area contributed by atoms with Gasteiger partial charge in [-0.05, 0) is 56.5 Å². The molecule has 1 heterocycles. The Kier molecular flexibility index (Phi) is 4.91. The van der Waals surface area contributed by atoms with Gasteiger partial charge in [0.1, 0.15) is 0 Å². The van der Waals surface area contributed by atoms with Crippen LogP contribution in [-0.2, 0) is 0 Å². The first-order chi connectivity index (χ1) is 9.63. The normalized spacial score (nSPS) is 12.4. The molecule has 1 atom stereocenters. The van der Waals surface area contributed by atoms with E-state index < -0.39 is 0 Å². The van der Waals surface area contributed by atoms with Crippen LogP contribution in [0.3, 0.4) is 0 Å². The van der Waals surface area contributed by atoms with Gasteiger partial charge in [-0.25, -0.2) is 0 Å². The SMILES string of the molecule is CCCNC(c1cc(C)ccc1C)c1ncccc1C. The lowest BCUT2D eigenvalue weighted by atomic mass is 9.94. The molecule has 0 aliphatic carbocycles. The van der Waals surface area contributed by atoms with Gasteiger partial charge in [0, 0.05) is 6.20 Å². The van der Waals surface area contributed by atoms with Crippen molar-refractivity contribution in [1.82, 2.24) is 10.3 Å². The van der Waals surface area contributed by atoms with Crippen LogP contribution in [0.5, 0.6) is 0 Å². The number of nitrogens with one attached hydrogen (secondary N) is 1. The van der Waals surface area contributed by atoms with E-state index in [1.54, 1.807) is 0 Å². The highest BCUT2D eigenvalue weighted by atomic mass is 14.9. The van der Waals surface area contributed by atoms with Crippen molar-refractivity contribution in [3.8, 4) is 0 Å². The molecule has 1 aromatic carbocycles. The Bertz CT molecular complexity index is 575. The van der Waals surface area contributed by atoms with Crippen molar-refractivity contribution >= 4 is 0 Å². The van der Waals surface area contributed by atoms with Crippen LogP contribution in [0.15, 0.2) is 36.5 Å². The molecule has 0 spiro atoms. The second-order valence-electron chi connectivity index (χ2n) is 5.45. The summed E-state index contributed by atoms with van der Waals surface area (Å²) in [7, 11) is 0. The summed E-state index contributed by atoms with van der Waals surface area (Å²) < 4.78 is 0. The number of benzene rings is 1. The summed E-state index contributed by atoms with van der Waals surface area (Å²) in [5.41, 5.74) is 6.31. The van der Waals surface area contributed by atoms with Crippen LogP contribution in [0.2, 0.25) is 0 Å². The number of pyridine rings is 1. The predicted octanol–water partition coefficient (Wildman–Crippen LogP) is 4.10. The maximum Gasteiger partial charge on any atom is 0.0756 e. The smallest absolute Gasteiger partial charge is 0.0756 e. The van der Waals surface area contributed by atoms with Gasteiger partial charge in [0.05, 0.1) is 11.7 Å². The largest absolute Gasteiger partial charge is 0.305 e. The highest BCUT2D eigenvalue weighted by Gasteiger charge is 2.18. The van der Waals surface area contributed by atoms with Crippen molar-refractivity contribution < 1.29 is 0 Å². The summed E-state index contributed by atoms with van der Waals surface area (Å²) in [6, 6.07) is 10.9. The Morgan fingerprint density at radius 1 is 1.10 bits per heavy atom. The van der Waals surface area contributed by atoms with Crippen LogP contribution >= 0.6 is 0 Å². The average Bonchev–Trinajstić information content (AvgIpc) is 2.44. The van der Waals surface area contributed by atoms with Crippen LogP contribution in [0, 0.1) is 20.8 Å². The van der Waals surface area contributed by atoms with Crippen molar-refractivity contribution in [3.05, 3.63) is 64.5 Å². The summed E-state index contributed by atoms with van der Waals surface area (Å²) in [6.45, 7) is 9.64. The number of aryl methyl sites for hydroxylation is 3. The van der Waals surface area contributed by atoms with E-state index in [0.29, 0.717) is 0 Å². The van der Waals surface area contributed by atoms with E-state index in [2.05, 4.69) is 62.3 Å². The van der Waals surface area contributed by atoms with Crippen LogP contribution in [0.1, 0.15) is 47.3 Å². The minimum absolute atomic E-state index is 0.177. The van der Waals surface area contributed by atoms with E-state index in [4.69, 9.17) is 0 Å². The molecule has 0 radical (unpaired) electrons. The van der Waals surface area contributed by atoms with Crippen LogP contribution < -0.4 is 5.32 Å². The third-order valence-electron chi connectivity index (χ3n) is 3.67. The molecule has 106 valence electrons. The van der Waals surface area contributed by atoms with E-state index >= 15 is 0 Å². The average molecular weight is 268 g/mol. The highest BCUT2D eigenvalue weighted by molar-refractivity contribution is 5.39. The van der Waals surface area contributed by atoms with Crippen molar-refractivity contribution in [2.45, 2.75) is 40.2 Å². The van der Waals surface area contributed by atoms with Crippen LogP contribution in [0.25, 0.3) is 0 Å². The highest BCUT2D eigenvalue weighted by Crippen LogP contribution is 2.26. The zero-order valence-corrected chi connectivity index (χ0v) is 12.9. The zero-order valence-electron chi connectivity index (χ0n) is 12.9. The van der Waals surface area contributed by atoms with Gasteiger partial charge in [0.25, 0.3) is 0 Å². The summed E-state index contributed by atoms with van der Waals surface area (Å²) in [4.78, 5) is 4.62. The van der Waals surface area contributed by atoms with E-state index in [-0.39, 0.29) is 6.04 Å². The molecule has 2 nitrogen and oxygen atoms in total. The molecule has 1 N–H and O–H groups in total. The molecule has 0 saturated heterocycles. The summed E-state index contributed by atoms with van der Waals surface area (Å²) in [5.74, 6) is 0. The quantitative estimate of drug-likeness (QED) is 0.883. The standard InChI is InChI=1S/C18H24N2/c1-5-10-19-18(17-15(4)7-6-11-20-17)16-12-13(2)8-9-14(16)3/h6-9,11-12,18-19H,5,10H2,1-4H3. The molecule has 2 rings (SSSR count). The molecule has 2 aromatic rings. The van der Waals surface area contributed by atoms with E-state index in [9.17, 15) is 0 Å². The third kappa shape index (κ3) is 3.26. The second kappa shape index (κ2) is 6.67. The Labute approximate surface area is 122 Å². The van der Waals surface area contributed by atoms with Gasteiger partial charge in [0.15, 0.2) is 0 Å². The third-order valence-corrected chi connectivity index (χ3v) is 3.67. The van der Waals surface area contributed by atoms with Gasteiger partial charge < -0.3 is 5.32 Å². The lowest BCUT2D eigenvalue weighted by Gasteiger charge is -2.22. The van der Waals surface area contributed by atoms with Crippen molar-refractivity contribution in [2.75, 3.05) is 6.54 Å². The number of hydrogen-bond acceptors (Lipinski definition) is 2.